The molecule has 4 rings (SSSR count). The fourth-order valence-corrected chi connectivity index (χ4v) is 3.90. The van der Waals surface area contributed by atoms with Crippen LogP contribution in [-0.4, -0.2) is 29.5 Å². The van der Waals surface area contributed by atoms with Crippen molar-refractivity contribution in [3.8, 4) is 11.5 Å². The molecule has 0 saturated carbocycles. The number of nitrogens with zero attached hydrogens (tertiary/aromatic N) is 2. The normalized spacial score (nSPS) is 20.5. The Hall–Kier alpha value is -2.43. The Morgan fingerprint density at radius 1 is 1.04 bits per heavy atom. The molecule has 2 atom stereocenters. The minimum atomic E-state index is 0.484. The zero-order valence-corrected chi connectivity index (χ0v) is 15.1. The molecule has 1 saturated heterocycles. The van der Waals surface area contributed by atoms with Crippen LogP contribution in [0.3, 0.4) is 0 Å². The fraction of sp³-hybridized carbons (Fsp3) is 0.318. The molecule has 2 N–H and O–H groups in total. The molecule has 134 valence electrons. The van der Waals surface area contributed by atoms with Crippen LogP contribution in [0, 0.1) is 12.8 Å². The predicted octanol–water partition coefficient (Wildman–Crippen LogP) is 3.82. The van der Waals surface area contributed by atoms with Crippen LogP contribution in [0.25, 0.3) is 11.5 Å². The van der Waals surface area contributed by atoms with Crippen molar-refractivity contribution in [2.45, 2.75) is 19.4 Å². The monoisotopic (exact) mass is 347 g/mol. The van der Waals surface area contributed by atoms with Gasteiger partial charge >= 0.3 is 0 Å². The van der Waals surface area contributed by atoms with Crippen LogP contribution in [0.5, 0.6) is 0 Å². The van der Waals surface area contributed by atoms with Gasteiger partial charge in [-0.1, -0.05) is 48.5 Å². The molecule has 3 aromatic rings. The van der Waals surface area contributed by atoms with E-state index < -0.39 is 0 Å². The molecule has 1 aliphatic rings. The molecule has 0 bridgehead atoms. The number of hydrogen-bond acceptors (Lipinski definition) is 4. The summed E-state index contributed by atoms with van der Waals surface area (Å²) in [7, 11) is 0. The van der Waals surface area contributed by atoms with Gasteiger partial charge in [-0.25, -0.2) is 4.98 Å². The lowest BCUT2D eigenvalue weighted by Crippen LogP contribution is -2.23. The van der Waals surface area contributed by atoms with Crippen molar-refractivity contribution in [1.29, 1.82) is 0 Å². The van der Waals surface area contributed by atoms with Crippen molar-refractivity contribution in [2.24, 2.45) is 11.7 Å². The lowest BCUT2D eigenvalue weighted by atomic mass is 9.89. The average Bonchev–Trinajstić information content (AvgIpc) is 3.27. The van der Waals surface area contributed by atoms with E-state index in [4.69, 9.17) is 15.1 Å². The molecule has 2 heterocycles. The third-order valence-electron chi connectivity index (χ3n) is 5.33. The minimum absolute atomic E-state index is 0.484. The van der Waals surface area contributed by atoms with Crippen LogP contribution < -0.4 is 5.73 Å². The largest absolute Gasteiger partial charge is 0.441 e. The third-order valence-corrected chi connectivity index (χ3v) is 5.33. The summed E-state index contributed by atoms with van der Waals surface area (Å²) in [5, 5.41) is 0. The van der Waals surface area contributed by atoms with Crippen LogP contribution in [0.2, 0.25) is 0 Å². The van der Waals surface area contributed by atoms with E-state index in [0.717, 1.165) is 36.7 Å². The van der Waals surface area contributed by atoms with Crippen molar-refractivity contribution >= 4 is 0 Å². The summed E-state index contributed by atoms with van der Waals surface area (Å²) in [6, 6.07) is 20.8. The van der Waals surface area contributed by atoms with Crippen LogP contribution in [0.15, 0.2) is 65.1 Å². The second kappa shape index (κ2) is 7.44. The van der Waals surface area contributed by atoms with Gasteiger partial charge in [0.15, 0.2) is 0 Å². The number of likely N-dealkylation sites (tertiary alicyclic amines) is 1. The van der Waals surface area contributed by atoms with Crippen molar-refractivity contribution in [2.75, 3.05) is 19.6 Å². The van der Waals surface area contributed by atoms with E-state index in [1.165, 1.54) is 5.56 Å². The molecule has 2 aromatic carbocycles. The van der Waals surface area contributed by atoms with Crippen molar-refractivity contribution in [3.63, 3.8) is 0 Å². The maximum atomic E-state index is 6.07. The van der Waals surface area contributed by atoms with Crippen molar-refractivity contribution < 1.29 is 4.42 Å². The number of aryl methyl sites for hydroxylation is 1. The van der Waals surface area contributed by atoms with Crippen molar-refractivity contribution in [1.82, 2.24) is 9.88 Å². The highest BCUT2D eigenvalue weighted by molar-refractivity contribution is 5.53. The van der Waals surface area contributed by atoms with Gasteiger partial charge in [-0.05, 0) is 37.1 Å². The summed E-state index contributed by atoms with van der Waals surface area (Å²) in [5.41, 5.74) is 9.49. The SMILES string of the molecule is Cc1oc(-c2ccccc2)nc1CN1C[C@@H](CN)[C@H](c2ccccc2)C1. The Kier molecular flexibility index (Phi) is 4.87. The number of rotatable bonds is 5. The summed E-state index contributed by atoms with van der Waals surface area (Å²) in [6.45, 7) is 5.53. The first-order valence-electron chi connectivity index (χ1n) is 9.23. The molecule has 0 aliphatic carbocycles. The van der Waals surface area contributed by atoms with Gasteiger partial charge in [0, 0.05) is 31.1 Å². The van der Waals surface area contributed by atoms with E-state index in [2.05, 4.69) is 35.2 Å². The van der Waals surface area contributed by atoms with Crippen LogP contribution >= 0.6 is 0 Å². The van der Waals surface area contributed by atoms with E-state index in [0.29, 0.717) is 24.3 Å². The molecular weight excluding hydrogens is 322 g/mol. The van der Waals surface area contributed by atoms with Crippen LogP contribution in [0.4, 0.5) is 0 Å². The summed E-state index contributed by atoms with van der Waals surface area (Å²) in [4.78, 5) is 7.21. The zero-order chi connectivity index (χ0) is 17.9. The van der Waals surface area contributed by atoms with E-state index >= 15 is 0 Å². The summed E-state index contributed by atoms with van der Waals surface area (Å²) < 4.78 is 5.91. The smallest absolute Gasteiger partial charge is 0.226 e. The second-order valence-electron chi connectivity index (χ2n) is 7.09. The molecular formula is C22H25N3O. The van der Waals surface area contributed by atoms with Crippen LogP contribution in [0.1, 0.15) is 22.9 Å². The Bertz CT molecular complexity index is 844. The molecule has 0 amide bonds. The maximum Gasteiger partial charge on any atom is 0.226 e. The second-order valence-corrected chi connectivity index (χ2v) is 7.09. The lowest BCUT2D eigenvalue weighted by Gasteiger charge is -2.16. The van der Waals surface area contributed by atoms with Gasteiger partial charge < -0.3 is 10.2 Å². The minimum Gasteiger partial charge on any atom is -0.441 e. The Morgan fingerprint density at radius 3 is 2.42 bits per heavy atom. The fourth-order valence-electron chi connectivity index (χ4n) is 3.90. The number of hydrogen-bond donors (Lipinski definition) is 1. The van der Waals surface area contributed by atoms with Crippen LogP contribution in [-0.2, 0) is 6.54 Å². The molecule has 1 fully saturated rings. The summed E-state index contributed by atoms with van der Waals surface area (Å²) >= 11 is 0. The topological polar surface area (TPSA) is 55.3 Å². The van der Waals surface area contributed by atoms with Gasteiger partial charge in [-0.15, -0.1) is 0 Å². The quantitative estimate of drug-likeness (QED) is 0.762. The molecule has 0 radical (unpaired) electrons. The lowest BCUT2D eigenvalue weighted by molar-refractivity contribution is 0.311. The molecule has 0 spiro atoms. The molecule has 4 heteroatoms. The number of aromatic nitrogens is 1. The van der Waals surface area contributed by atoms with E-state index in [1.54, 1.807) is 0 Å². The first-order chi connectivity index (χ1) is 12.7. The van der Waals surface area contributed by atoms with E-state index in [9.17, 15) is 0 Å². The highest BCUT2D eigenvalue weighted by Gasteiger charge is 2.33. The standard InChI is InChI=1S/C22H25N3O/c1-16-21(24-22(26-16)18-10-6-3-7-11-18)15-25-13-19(12-23)20(14-25)17-8-4-2-5-9-17/h2-11,19-20H,12-15,23H2,1H3/t19-,20+/m1/s1. The van der Waals surface area contributed by atoms with Crippen molar-refractivity contribution in [3.05, 3.63) is 77.7 Å². The Balaban J connectivity index is 1.51. The highest BCUT2D eigenvalue weighted by atomic mass is 16.4. The molecule has 0 unspecified atom stereocenters. The van der Waals surface area contributed by atoms with Gasteiger partial charge in [-0.2, -0.15) is 0 Å². The first kappa shape index (κ1) is 17.0. The average molecular weight is 347 g/mol. The molecule has 26 heavy (non-hydrogen) atoms. The number of nitrogens with two attached hydrogens (primary N) is 1. The Labute approximate surface area is 154 Å². The Morgan fingerprint density at radius 2 is 1.73 bits per heavy atom. The molecule has 1 aromatic heterocycles. The van der Waals surface area contributed by atoms with Gasteiger partial charge in [0.1, 0.15) is 5.76 Å². The van der Waals surface area contributed by atoms with E-state index in [-0.39, 0.29) is 0 Å². The number of benzene rings is 2. The molecule has 4 nitrogen and oxygen atoms in total. The predicted molar refractivity (Wildman–Crippen MR) is 104 cm³/mol. The van der Waals surface area contributed by atoms with Gasteiger partial charge in [0.25, 0.3) is 0 Å². The number of oxazole rings is 1. The summed E-state index contributed by atoms with van der Waals surface area (Å²) in [5.74, 6) is 2.57. The van der Waals surface area contributed by atoms with Gasteiger partial charge in [0.05, 0.1) is 5.69 Å². The molecule has 1 aliphatic heterocycles. The summed E-state index contributed by atoms with van der Waals surface area (Å²) in [6.07, 6.45) is 0. The van der Waals surface area contributed by atoms with Gasteiger partial charge in [-0.3, -0.25) is 4.90 Å². The third kappa shape index (κ3) is 3.43. The van der Waals surface area contributed by atoms with E-state index in [1.807, 2.05) is 37.3 Å². The highest BCUT2D eigenvalue weighted by Crippen LogP contribution is 2.33. The first-order valence-corrected chi connectivity index (χ1v) is 9.23. The van der Waals surface area contributed by atoms with Gasteiger partial charge in [0.2, 0.25) is 5.89 Å². The zero-order valence-electron chi connectivity index (χ0n) is 15.1. The maximum absolute atomic E-state index is 6.07.